The third-order valence-electron chi connectivity index (χ3n) is 1.81. The van der Waals surface area contributed by atoms with Gasteiger partial charge in [0.15, 0.2) is 0 Å². The van der Waals surface area contributed by atoms with Crippen LogP contribution in [-0.2, 0) is 4.79 Å². The maximum absolute atomic E-state index is 10.4. The van der Waals surface area contributed by atoms with Gasteiger partial charge in [-0.3, -0.25) is 4.79 Å². The van der Waals surface area contributed by atoms with Crippen molar-refractivity contribution in [3.63, 3.8) is 0 Å². The molecule has 0 fully saturated rings. The highest BCUT2D eigenvalue weighted by Crippen LogP contribution is 2.17. The number of pyridine rings is 1. The van der Waals surface area contributed by atoms with E-state index in [1.54, 1.807) is 18.2 Å². The van der Waals surface area contributed by atoms with E-state index in [4.69, 9.17) is 9.84 Å². The summed E-state index contributed by atoms with van der Waals surface area (Å²) < 4.78 is 5.34. The molecule has 0 saturated heterocycles. The smallest absolute Gasteiger partial charge is 0.306 e. The fourth-order valence-electron chi connectivity index (χ4n) is 1.19. The number of aliphatic hydroxyl groups excluding tert-OH is 1. The highest BCUT2D eigenvalue weighted by Gasteiger charge is 2.14. The van der Waals surface area contributed by atoms with Crippen LogP contribution in [0.25, 0.3) is 0 Å². The zero-order valence-electron chi connectivity index (χ0n) is 9.25. The minimum atomic E-state index is -1.10. The second-order valence-corrected chi connectivity index (χ2v) is 3.68. The second kappa shape index (κ2) is 5.46. The van der Waals surface area contributed by atoms with Crippen molar-refractivity contribution in [3.8, 4) is 5.88 Å². The molecular formula is C11H15NO4. The third kappa shape index (κ3) is 3.86. The lowest BCUT2D eigenvalue weighted by Crippen LogP contribution is -2.10. The molecule has 0 aliphatic carbocycles. The van der Waals surface area contributed by atoms with Crippen LogP contribution < -0.4 is 4.74 Å². The minimum Gasteiger partial charge on any atom is -0.481 e. The van der Waals surface area contributed by atoms with Crippen LogP contribution in [0, 0.1) is 0 Å². The van der Waals surface area contributed by atoms with Crippen molar-refractivity contribution in [1.29, 1.82) is 0 Å². The Labute approximate surface area is 93.7 Å². The average Bonchev–Trinajstić information content (AvgIpc) is 2.16. The Kier molecular flexibility index (Phi) is 4.25. The molecule has 5 heteroatoms. The number of carboxylic acid groups (broad SMARTS) is 1. The molecule has 0 unspecified atom stereocenters. The largest absolute Gasteiger partial charge is 0.481 e. The number of ether oxygens (including phenoxy) is 1. The van der Waals surface area contributed by atoms with Crippen molar-refractivity contribution >= 4 is 5.97 Å². The van der Waals surface area contributed by atoms with Crippen molar-refractivity contribution in [1.82, 2.24) is 4.98 Å². The van der Waals surface area contributed by atoms with Crippen LogP contribution >= 0.6 is 0 Å². The molecular weight excluding hydrogens is 210 g/mol. The number of nitrogens with zero attached hydrogens (tertiary/aromatic N) is 1. The topological polar surface area (TPSA) is 79.7 Å². The number of aliphatic hydroxyl groups is 1. The molecule has 1 aromatic rings. The van der Waals surface area contributed by atoms with E-state index in [1.807, 2.05) is 13.8 Å². The van der Waals surface area contributed by atoms with Crippen LogP contribution in [0.2, 0.25) is 0 Å². The maximum Gasteiger partial charge on any atom is 0.306 e. The molecule has 1 rings (SSSR count). The van der Waals surface area contributed by atoms with Gasteiger partial charge in [0.2, 0.25) is 5.88 Å². The number of rotatable bonds is 5. The lowest BCUT2D eigenvalue weighted by atomic mass is 10.2. The maximum atomic E-state index is 10.4. The van der Waals surface area contributed by atoms with Gasteiger partial charge in [-0.1, -0.05) is 6.07 Å². The Bertz CT molecular complexity index is 365. The van der Waals surface area contributed by atoms with E-state index in [2.05, 4.69) is 4.98 Å². The molecule has 2 N–H and O–H groups in total. The van der Waals surface area contributed by atoms with Crippen LogP contribution in [-0.4, -0.2) is 27.3 Å². The van der Waals surface area contributed by atoms with E-state index in [0.717, 1.165) is 0 Å². The molecule has 88 valence electrons. The van der Waals surface area contributed by atoms with E-state index >= 15 is 0 Å². The molecule has 0 spiro atoms. The van der Waals surface area contributed by atoms with Crippen molar-refractivity contribution in [2.45, 2.75) is 32.5 Å². The first kappa shape index (κ1) is 12.4. The summed E-state index contributed by atoms with van der Waals surface area (Å²) in [4.78, 5) is 14.5. The summed E-state index contributed by atoms with van der Waals surface area (Å²) in [5.41, 5.74) is 0.306. The molecule has 0 radical (unpaired) electrons. The number of hydrogen-bond donors (Lipinski definition) is 2. The molecule has 0 bridgehead atoms. The standard InChI is InChI=1S/C11H15NO4/c1-7(2)16-10-5-3-4-8(12-10)9(13)6-11(14)15/h3-5,7,9,13H,6H2,1-2H3,(H,14,15)/t9-/m0/s1. The summed E-state index contributed by atoms with van der Waals surface area (Å²) >= 11 is 0. The van der Waals surface area contributed by atoms with Gasteiger partial charge in [0.1, 0.15) is 6.10 Å². The first-order chi connectivity index (χ1) is 7.49. The van der Waals surface area contributed by atoms with Gasteiger partial charge in [-0.2, -0.15) is 0 Å². The molecule has 0 amide bonds. The normalized spacial score (nSPS) is 12.5. The van der Waals surface area contributed by atoms with E-state index in [0.29, 0.717) is 11.6 Å². The Morgan fingerprint density at radius 1 is 1.50 bits per heavy atom. The summed E-state index contributed by atoms with van der Waals surface area (Å²) in [7, 11) is 0. The number of carboxylic acids is 1. The molecule has 1 aromatic heterocycles. The SMILES string of the molecule is CC(C)Oc1cccc([C@@H](O)CC(=O)O)n1. The zero-order chi connectivity index (χ0) is 12.1. The summed E-state index contributed by atoms with van der Waals surface area (Å²) in [6.45, 7) is 3.73. The number of aliphatic carboxylic acids is 1. The van der Waals surface area contributed by atoms with Crippen LogP contribution in [0.15, 0.2) is 18.2 Å². The average molecular weight is 225 g/mol. The second-order valence-electron chi connectivity index (χ2n) is 3.68. The van der Waals surface area contributed by atoms with Crippen molar-refractivity contribution in [2.24, 2.45) is 0 Å². The van der Waals surface area contributed by atoms with Gasteiger partial charge < -0.3 is 14.9 Å². The van der Waals surface area contributed by atoms with Gasteiger partial charge in [-0.05, 0) is 19.9 Å². The Morgan fingerprint density at radius 2 is 2.19 bits per heavy atom. The summed E-state index contributed by atoms with van der Waals surface area (Å²) in [5, 5.41) is 18.1. The molecule has 16 heavy (non-hydrogen) atoms. The molecule has 0 aliphatic heterocycles. The van der Waals surface area contributed by atoms with Crippen LogP contribution in [0.1, 0.15) is 32.1 Å². The Balaban J connectivity index is 2.77. The molecule has 5 nitrogen and oxygen atoms in total. The number of hydrogen-bond acceptors (Lipinski definition) is 4. The lowest BCUT2D eigenvalue weighted by molar-refractivity contribution is -0.139. The Morgan fingerprint density at radius 3 is 2.75 bits per heavy atom. The molecule has 0 aliphatic rings. The first-order valence-electron chi connectivity index (χ1n) is 5.02. The van der Waals surface area contributed by atoms with Gasteiger partial charge in [0, 0.05) is 6.07 Å². The van der Waals surface area contributed by atoms with Crippen LogP contribution in [0.4, 0.5) is 0 Å². The predicted molar refractivity (Wildman–Crippen MR) is 57.2 cm³/mol. The third-order valence-corrected chi connectivity index (χ3v) is 1.81. The highest BCUT2D eigenvalue weighted by atomic mass is 16.5. The lowest BCUT2D eigenvalue weighted by Gasteiger charge is -2.11. The van der Waals surface area contributed by atoms with E-state index in [-0.39, 0.29) is 12.5 Å². The van der Waals surface area contributed by atoms with E-state index in [1.165, 1.54) is 0 Å². The fourth-order valence-corrected chi connectivity index (χ4v) is 1.19. The monoisotopic (exact) mass is 225 g/mol. The fraction of sp³-hybridized carbons (Fsp3) is 0.455. The van der Waals surface area contributed by atoms with Crippen molar-refractivity contribution in [3.05, 3.63) is 23.9 Å². The van der Waals surface area contributed by atoms with Gasteiger partial charge in [-0.15, -0.1) is 0 Å². The van der Waals surface area contributed by atoms with Crippen molar-refractivity contribution in [2.75, 3.05) is 0 Å². The van der Waals surface area contributed by atoms with Gasteiger partial charge in [0.25, 0.3) is 0 Å². The molecule has 1 atom stereocenters. The number of aromatic nitrogens is 1. The van der Waals surface area contributed by atoms with Crippen molar-refractivity contribution < 1.29 is 19.7 Å². The van der Waals surface area contributed by atoms with Gasteiger partial charge in [-0.25, -0.2) is 4.98 Å². The van der Waals surface area contributed by atoms with E-state index < -0.39 is 12.1 Å². The molecule has 0 aromatic carbocycles. The Hall–Kier alpha value is -1.62. The van der Waals surface area contributed by atoms with Gasteiger partial charge >= 0.3 is 5.97 Å². The zero-order valence-corrected chi connectivity index (χ0v) is 9.25. The quantitative estimate of drug-likeness (QED) is 0.791. The van der Waals surface area contributed by atoms with Crippen LogP contribution in [0.5, 0.6) is 5.88 Å². The minimum absolute atomic E-state index is 0.0145. The summed E-state index contributed by atoms with van der Waals surface area (Å²) in [6.07, 6.45) is -1.48. The number of carbonyl (C=O) groups is 1. The molecule has 0 saturated carbocycles. The first-order valence-corrected chi connectivity index (χ1v) is 5.02. The molecule has 1 heterocycles. The van der Waals surface area contributed by atoms with E-state index in [9.17, 15) is 9.90 Å². The summed E-state index contributed by atoms with van der Waals surface area (Å²) in [6, 6.07) is 4.91. The van der Waals surface area contributed by atoms with Crippen LogP contribution in [0.3, 0.4) is 0 Å². The predicted octanol–water partition coefficient (Wildman–Crippen LogP) is 1.38. The summed E-state index contributed by atoms with van der Waals surface area (Å²) in [5.74, 6) is -0.679. The highest BCUT2D eigenvalue weighted by molar-refractivity contribution is 5.67. The van der Waals surface area contributed by atoms with Gasteiger partial charge in [0.05, 0.1) is 18.2 Å².